The summed E-state index contributed by atoms with van der Waals surface area (Å²) in [4.78, 5) is 45.6. The average Bonchev–Trinajstić information content (AvgIpc) is 3.65. The van der Waals surface area contributed by atoms with Gasteiger partial charge in [0.15, 0.2) is 0 Å². The van der Waals surface area contributed by atoms with Crippen LogP contribution in [0.1, 0.15) is 47.6 Å². The molecule has 0 spiro atoms. The molecule has 1 aromatic heterocycles. The minimum atomic E-state index is -1.14. The maximum Gasteiger partial charge on any atom is 0.246 e. The van der Waals surface area contributed by atoms with E-state index >= 15 is 0 Å². The van der Waals surface area contributed by atoms with E-state index in [1.54, 1.807) is 18.7 Å². The summed E-state index contributed by atoms with van der Waals surface area (Å²) < 4.78 is 0. The van der Waals surface area contributed by atoms with Crippen molar-refractivity contribution < 1.29 is 14.4 Å². The van der Waals surface area contributed by atoms with Crippen LogP contribution in [0.5, 0.6) is 0 Å². The average molecular weight is 600 g/mol. The Bertz CT molecular complexity index is 1800. The van der Waals surface area contributed by atoms with Gasteiger partial charge in [0.05, 0.1) is 11.5 Å². The Morgan fingerprint density at radius 2 is 1.47 bits per heavy atom. The van der Waals surface area contributed by atoms with Gasteiger partial charge in [-0.15, -0.1) is 0 Å². The minimum absolute atomic E-state index is 0.135. The Labute approximate surface area is 262 Å². The van der Waals surface area contributed by atoms with E-state index in [9.17, 15) is 14.4 Å². The Morgan fingerprint density at radius 1 is 0.844 bits per heavy atom. The maximum absolute atomic E-state index is 14.0. The van der Waals surface area contributed by atoms with Gasteiger partial charge in [0.1, 0.15) is 6.04 Å². The third kappa shape index (κ3) is 6.51. The second-order valence-electron chi connectivity index (χ2n) is 12.2. The number of anilines is 1. The van der Waals surface area contributed by atoms with Crippen molar-refractivity contribution in [1.29, 1.82) is 0 Å². The molecular formula is C37H37N5O3. The van der Waals surface area contributed by atoms with Gasteiger partial charge < -0.3 is 26.3 Å². The summed E-state index contributed by atoms with van der Waals surface area (Å²) in [5.41, 5.74) is 11.3. The van der Waals surface area contributed by atoms with E-state index in [1.807, 2.05) is 109 Å². The Balaban J connectivity index is 1.20. The molecule has 8 heteroatoms. The van der Waals surface area contributed by atoms with E-state index in [-0.39, 0.29) is 11.8 Å². The summed E-state index contributed by atoms with van der Waals surface area (Å²) in [7, 11) is 0. The van der Waals surface area contributed by atoms with Crippen molar-refractivity contribution in [1.82, 2.24) is 15.2 Å². The number of para-hydroxylation sites is 1. The molecule has 0 bridgehead atoms. The van der Waals surface area contributed by atoms with Crippen LogP contribution in [0.3, 0.4) is 0 Å². The fourth-order valence-electron chi connectivity index (χ4n) is 5.91. The molecule has 3 amide bonds. The molecule has 0 aliphatic carbocycles. The molecule has 0 saturated carbocycles. The molecule has 2 heterocycles. The number of nitrogens with zero attached hydrogens (tertiary/aromatic N) is 1. The lowest BCUT2D eigenvalue weighted by atomic mass is 9.90. The highest BCUT2D eigenvalue weighted by Gasteiger charge is 2.34. The number of carbonyl (C=O) groups is 3. The van der Waals surface area contributed by atoms with Gasteiger partial charge in [-0.1, -0.05) is 84.9 Å². The van der Waals surface area contributed by atoms with Crippen molar-refractivity contribution in [2.24, 2.45) is 5.73 Å². The van der Waals surface area contributed by atoms with Gasteiger partial charge in [-0.3, -0.25) is 14.4 Å². The molecule has 8 nitrogen and oxygen atoms in total. The second kappa shape index (κ2) is 12.4. The predicted molar refractivity (Wildman–Crippen MR) is 176 cm³/mol. The number of rotatable bonds is 9. The number of hydrogen-bond donors (Lipinski definition) is 4. The van der Waals surface area contributed by atoms with Crippen molar-refractivity contribution in [3.63, 3.8) is 0 Å². The zero-order valence-corrected chi connectivity index (χ0v) is 25.4. The first-order valence-electron chi connectivity index (χ1n) is 15.1. The Kier molecular flexibility index (Phi) is 8.24. The van der Waals surface area contributed by atoms with E-state index in [0.717, 1.165) is 38.7 Å². The number of amides is 3. The van der Waals surface area contributed by atoms with Gasteiger partial charge in [-0.2, -0.15) is 0 Å². The summed E-state index contributed by atoms with van der Waals surface area (Å²) in [6.45, 7) is 4.02. The second-order valence-corrected chi connectivity index (χ2v) is 12.2. The number of nitrogens with one attached hydrogen (secondary N) is 3. The molecule has 6 rings (SSSR count). The van der Waals surface area contributed by atoms with Gasteiger partial charge in [0.25, 0.3) is 0 Å². The number of aromatic amines is 1. The van der Waals surface area contributed by atoms with E-state index < -0.39 is 23.4 Å². The Morgan fingerprint density at radius 3 is 2.13 bits per heavy atom. The van der Waals surface area contributed by atoms with Gasteiger partial charge in [0, 0.05) is 42.3 Å². The zero-order chi connectivity index (χ0) is 31.6. The smallest absolute Gasteiger partial charge is 0.246 e. The highest BCUT2D eigenvalue weighted by molar-refractivity contribution is 5.98. The molecule has 5 N–H and O–H groups in total. The van der Waals surface area contributed by atoms with Crippen molar-refractivity contribution in [3.05, 3.63) is 137 Å². The first-order chi connectivity index (χ1) is 21.7. The van der Waals surface area contributed by atoms with E-state index in [2.05, 4.69) is 15.6 Å². The van der Waals surface area contributed by atoms with Gasteiger partial charge in [-0.25, -0.2) is 0 Å². The molecule has 0 fully saturated rings. The van der Waals surface area contributed by atoms with E-state index in [1.165, 1.54) is 0 Å². The lowest BCUT2D eigenvalue weighted by Gasteiger charge is -2.27. The maximum atomic E-state index is 14.0. The molecule has 228 valence electrons. The molecule has 1 aliphatic rings. The summed E-state index contributed by atoms with van der Waals surface area (Å²) >= 11 is 0. The van der Waals surface area contributed by atoms with Crippen LogP contribution in [0.4, 0.5) is 5.69 Å². The van der Waals surface area contributed by atoms with Crippen LogP contribution < -0.4 is 16.4 Å². The number of carbonyl (C=O) groups excluding carboxylic acids is 3. The number of H-pyrrole nitrogens is 1. The molecule has 0 unspecified atom stereocenters. The number of fused-ring (bicyclic) bond motifs is 2. The normalized spacial score (nSPS) is 13.5. The summed E-state index contributed by atoms with van der Waals surface area (Å²) in [6, 6.07) is 32.3. The third-order valence-corrected chi connectivity index (χ3v) is 8.32. The van der Waals surface area contributed by atoms with Gasteiger partial charge in [0.2, 0.25) is 17.7 Å². The van der Waals surface area contributed by atoms with Gasteiger partial charge in [-0.05, 0) is 59.9 Å². The summed E-state index contributed by atoms with van der Waals surface area (Å²) in [5, 5.41) is 7.03. The first-order valence-corrected chi connectivity index (χ1v) is 15.1. The van der Waals surface area contributed by atoms with E-state index in [4.69, 9.17) is 5.73 Å². The van der Waals surface area contributed by atoms with Crippen LogP contribution in [0.25, 0.3) is 10.9 Å². The number of hydrogen-bond acceptors (Lipinski definition) is 4. The molecule has 4 aromatic carbocycles. The predicted octanol–water partition coefficient (Wildman–Crippen LogP) is 5.25. The quantitative estimate of drug-likeness (QED) is 0.185. The van der Waals surface area contributed by atoms with Crippen molar-refractivity contribution >= 4 is 34.3 Å². The lowest BCUT2D eigenvalue weighted by Crippen LogP contribution is -2.56. The van der Waals surface area contributed by atoms with Crippen LogP contribution in [-0.2, 0) is 33.9 Å². The van der Waals surface area contributed by atoms with Gasteiger partial charge >= 0.3 is 0 Å². The standard InChI is InChI=1S/C37H37N5O3/c1-37(2,38)36(45)41-32(20-27-21-39-31-16-10-9-15-30(27)31)35(44)42-22-26-17-18-29(19-28(26)23-42)40-34(43)33(24-11-5-3-6-12-24)25-13-7-4-8-14-25/h3-19,21,32-33,39H,20,22-23,38H2,1-2H3,(H,40,43)(H,41,45)/t32-/m1/s1. The largest absolute Gasteiger partial charge is 0.361 e. The zero-order valence-electron chi connectivity index (χ0n) is 25.4. The third-order valence-electron chi connectivity index (χ3n) is 8.32. The van der Waals surface area contributed by atoms with Crippen molar-refractivity contribution in [2.45, 2.75) is 50.9 Å². The Hall–Kier alpha value is -5.21. The first kappa shape index (κ1) is 29.8. The molecule has 1 aliphatic heterocycles. The highest BCUT2D eigenvalue weighted by Crippen LogP contribution is 2.30. The number of benzene rings is 4. The lowest BCUT2D eigenvalue weighted by molar-refractivity contribution is -0.138. The highest BCUT2D eigenvalue weighted by atomic mass is 16.2. The molecule has 5 aromatic rings. The summed E-state index contributed by atoms with van der Waals surface area (Å²) in [6.07, 6.45) is 2.20. The number of aromatic nitrogens is 1. The van der Waals surface area contributed by atoms with Crippen molar-refractivity contribution in [3.8, 4) is 0 Å². The molecular weight excluding hydrogens is 562 g/mol. The topological polar surface area (TPSA) is 120 Å². The molecule has 0 radical (unpaired) electrons. The van der Waals surface area contributed by atoms with Crippen LogP contribution in [0.15, 0.2) is 109 Å². The van der Waals surface area contributed by atoms with Crippen LogP contribution in [0, 0.1) is 0 Å². The molecule has 45 heavy (non-hydrogen) atoms. The number of nitrogens with two attached hydrogens (primary N) is 1. The molecule has 0 saturated heterocycles. The minimum Gasteiger partial charge on any atom is -0.361 e. The summed E-state index contributed by atoms with van der Waals surface area (Å²) in [5.74, 6) is -1.19. The fourth-order valence-corrected chi connectivity index (χ4v) is 5.91. The SMILES string of the molecule is CC(C)(N)C(=O)N[C@H](Cc1c[nH]c2ccccc12)C(=O)N1Cc2ccc(NC(=O)C(c3ccccc3)c3ccccc3)cc2C1. The fraction of sp³-hybridized carbons (Fsp3) is 0.216. The van der Waals surface area contributed by atoms with Crippen LogP contribution in [-0.4, -0.2) is 39.2 Å². The van der Waals surface area contributed by atoms with Crippen LogP contribution in [0.2, 0.25) is 0 Å². The monoisotopic (exact) mass is 599 g/mol. The van der Waals surface area contributed by atoms with Crippen LogP contribution >= 0.6 is 0 Å². The van der Waals surface area contributed by atoms with Crippen molar-refractivity contribution in [2.75, 3.05) is 5.32 Å². The van der Waals surface area contributed by atoms with E-state index in [0.29, 0.717) is 25.2 Å². The molecule has 1 atom stereocenters.